The van der Waals surface area contributed by atoms with E-state index in [0.717, 1.165) is 31.9 Å². The number of nitro benzene ring substituents is 1. The number of halogens is 1. The number of hydrogen-bond acceptors (Lipinski definition) is 6. The van der Waals surface area contributed by atoms with Crippen LogP contribution in [0.2, 0.25) is 0 Å². The Morgan fingerprint density at radius 2 is 1.61 bits per heavy atom. The third-order valence-corrected chi connectivity index (χ3v) is 5.84. The third kappa shape index (κ3) is 6.82. The van der Waals surface area contributed by atoms with Gasteiger partial charge in [0.1, 0.15) is 18.1 Å². The van der Waals surface area contributed by atoms with Crippen LogP contribution in [0, 0.1) is 13.7 Å². The first-order valence-electron chi connectivity index (χ1n) is 11.2. The minimum Gasteiger partial charge on any atom is -0.490 e. The number of nitro groups is 1. The zero-order chi connectivity index (χ0) is 25.3. The van der Waals surface area contributed by atoms with Crippen LogP contribution in [0.25, 0.3) is 0 Å². The fourth-order valence-electron chi connectivity index (χ4n) is 3.31. The Labute approximate surface area is 222 Å². The predicted octanol–water partition coefficient (Wildman–Crippen LogP) is 7.72. The summed E-state index contributed by atoms with van der Waals surface area (Å²) in [6.07, 6.45) is 1.78. The van der Waals surface area contributed by atoms with E-state index in [1.807, 2.05) is 73.7 Å². The van der Waals surface area contributed by atoms with Gasteiger partial charge in [-0.2, -0.15) is 0 Å². The summed E-state index contributed by atoms with van der Waals surface area (Å²) in [7, 11) is 0. The van der Waals surface area contributed by atoms with E-state index in [-0.39, 0.29) is 12.3 Å². The van der Waals surface area contributed by atoms with Gasteiger partial charge in [0.05, 0.1) is 20.8 Å². The number of benzene rings is 4. The first-order chi connectivity index (χ1) is 17.5. The van der Waals surface area contributed by atoms with Crippen molar-refractivity contribution in [3.05, 3.63) is 116 Å². The molecule has 0 amide bonds. The minimum absolute atomic E-state index is 0.0466. The zero-order valence-electron chi connectivity index (χ0n) is 19.5. The van der Waals surface area contributed by atoms with Gasteiger partial charge in [-0.3, -0.25) is 15.1 Å². The van der Waals surface area contributed by atoms with Crippen LogP contribution in [-0.4, -0.2) is 17.7 Å². The summed E-state index contributed by atoms with van der Waals surface area (Å²) >= 11 is 2.20. The molecular formula is C28H23IN2O5. The van der Waals surface area contributed by atoms with Gasteiger partial charge >= 0.3 is 0 Å². The SMILES string of the molecule is CCOc1cc(C=Nc2ccc(Oc3ccccc3)cc2)cc(I)c1OCc1ccc([N+](=O)[O-])cc1. The molecule has 0 aliphatic carbocycles. The van der Waals surface area contributed by atoms with Crippen LogP contribution in [0.1, 0.15) is 18.1 Å². The molecule has 0 N–H and O–H groups in total. The van der Waals surface area contributed by atoms with E-state index in [1.54, 1.807) is 18.3 Å². The molecule has 0 aromatic heterocycles. The third-order valence-electron chi connectivity index (χ3n) is 5.04. The Kier molecular flexibility index (Phi) is 8.51. The monoisotopic (exact) mass is 594 g/mol. The molecule has 8 heteroatoms. The van der Waals surface area contributed by atoms with Gasteiger partial charge in [0, 0.05) is 18.3 Å². The second kappa shape index (κ2) is 12.2. The molecule has 0 saturated heterocycles. The fourth-order valence-corrected chi connectivity index (χ4v) is 4.09. The molecule has 0 aliphatic heterocycles. The predicted molar refractivity (Wildman–Crippen MR) is 148 cm³/mol. The Morgan fingerprint density at radius 3 is 2.28 bits per heavy atom. The first kappa shape index (κ1) is 25.2. The summed E-state index contributed by atoms with van der Waals surface area (Å²) in [5.41, 5.74) is 2.53. The Morgan fingerprint density at radius 1 is 0.917 bits per heavy atom. The number of nitrogens with zero attached hydrogens (tertiary/aromatic N) is 2. The first-order valence-corrected chi connectivity index (χ1v) is 12.3. The standard InChI is InChI=1S/C28H23IN2O5/c1-2-34-27-17-21(16-26(29)28(27)35-19-20-8-12-23(13-9-20)31(32)33)18-30-22-10-14-25(15-11-22)36-24-6-4-3-5-7-24/h3-18H,2,19H2,1H3. The van der Waals surface area contributed by atoms with Gasteiger partial charge in [-0.15, -0.1) is 0 Å². The zero-order valence-corrected chi connectivity index (χ0v) is 21.6. The minimum atomic E-state index is -0.423. The second-order valence-electron chi connectivity index (χ2n) is 7.64. The van der Waals surface area contributed by atoms with Crippen molar-refractivity contribution in [3.8, 4) is 23.0 Å². The van der Waals surface area contributed by atoms with Gasteiger partial charge in [0.15, 0.2) is 11.5 Å². The lowest BCUT2D eigenvalue weighted by Crippen LogP contribution is -2.02. The van der Waals surface area contributed by atoms with Crippen molar-refractivity contribution in [2.75, 3.05) is 6.61 Å². The van der Waals surface area contributed by atoms with E-state index in [2.05, 4.69) is 27.6 Å². The average Bonchev–Trinajstić information content (AvgIpc) is 2.89. The van der Waals surface area contributed by atoms with Crippen molar-refractivity contribution >= 4 is 40.2 Å². The molecule has 0 saturated carbocycles. The summed E-state index contributed by atoms with van der Waals surface area (Å²) in [4.78, 5) is 15.0. The molecule has 182 valence electrons. The largest absolute Gasteiger partial charge is 0.490 e. The highest BCUT2D eigenvalue weighted by molar-refractivity contribution is 14.1. The number of rotatable bonds is 10. The number of para-hydroxylation sites is 1. The van der Waals surface area contributed by atoms with Crippen LogP contribution in [-0.2, 0) is 6.61 Å². The number of aliphatic imine (C=N–C) groups is 1. The molecular weight excluding hydrogens is 571 g/mol. The molecule has 4 aromatic rings. The molecule has 0 heterocycles. The van der Waals surface area contributed by atoms with E-state index in [0.29, 0.717) is 18.1 Å². The second-order valence-corrected chi connectivity index (χ2v) is 8.80. The molecule has 0 fully saturated rings. The van der Waals surface area contributed by atoms with Crippen molar-refractivity contribution in [1.82, 2.24) is 0 Å². The topological polar surface area (TPSA) is 83.2 Å². The van der Waals surface area contributed by atoms with Gasteiger partial charge in [-0.05, 0) is 101 Å². The van der Waals surface area contributed by atoms with E-state index in [9.17, 15) is 10.1 Å². The number of non-ortho nitro benzene ring substituents is 1. The maximum Gasteiger partial charge on any atom is 0.269 e. The quantitative estimate of drug-likeness (QED) is 0.0813. The van der Waals surface area contributed by atoms with Crippen LogP contribution < -0.4 is 14.2 Å². The van der Waals surface area contributed by atoms with Crippen molar-refractivity contribution in [3.63, 3.8) is 0 Å². The molecule has 0 radical (unpaired) electrons. The van der Waals surface area contributed by atoms with Crippen LogP contribution >= 0.6 is 22.6 Å². The van der Waals surface area contributed by atoms with Crippen LogP contribution in [0.15, 0.2) is 96.0 Å². The van der Waals surface area contributed by atoms with Crippen molar-refractivity contribution < 1.29 is 19.1 Å². The van der Waals surface area contributed by atoms with Gasteiger partial charge in [0.25, 0.3) is 5.69 Å². The summed E-state index contributed by atoms with van der Waals surface area (Å²) in [6, 6.07) is 27.3. The molecule has 0 bridgehead atoms. The lowest BCUT2D eigenvalue weighted by molar-refractivity contribution is -0.384. The van der Waals surface area contributed by atoms with E-state index in [4.69, 9.17) is 14.2 Å². The summed E-state index contributed by atoms with van der Waals surface area (Å²) < 4.78 is 18.5. The highest BCUT2D eigenvalue weighted by Gasteiger charge is 2.13. The maximum absolute atomic E-state index is 10.9. The van der Waals surface area contributed by atoms with E-state index >= 15 is 0 Å². The highest BCUT2D eigenvalue weighted by atomic mass is 127. The molecule has 0 unspecified atom stereocenters. The molecule has 0 atom stereocenters. The number of hydrogen-bond donors (Lipinski definition) is 0. The van der Waals surface area contributed by atoms with E-state index in [1.165, 1.54) is 12.1 Å². The summed E-state index contributed by atoms with van der Waals surface area (Å²) in [6.45, 7) is 2.65. The van der Waals surface area contributed by atoms with Gasteiger partial charge in [-0.25, -0.2) is 0 Å². The molecule has 4 aromatic carbocycles. The molecule has 4 rings (SSSR count). The summed E-state index contributed by atoms with van der Waals surface area (Å²) in [5, 5.41) is 10.9. The van der Waals surface area contributed by atoms with Gasteiger partial charge < -0.3 is 14.2 Å². The van der Waals surface area contributed by atoms with Crippen molar-refractivity contribution in [1.29, 1.82) is 0 Å². The Hall–Kier alpha value is -3.92. The lowest BCUT2D eigenvalue weighted by atomic mass is 10.2. The average molecular weight is 594 g/mol. The van der Waals surface area contributed by atoms with Gasteiger partial charge in [-0.1, -0.05) is 18.2 Å². The molecule has 7 nitrogen and oxygen atoms in total. The van der Waals surface area contributed by atoms with E-state index < -0.39 is 4.92 Å². The molecule has 0 aliphatic rings. The molecule has 0 spiro atoms. The number of ether oxygens (including phenoxy) is 3. The van der Waals surface area contributed by atoms with Crippen LogP contribution in [0.5, 0.6) is 23.0 Å². The molecule has 36 heavy (non-hydrogen) atoms. The smallest absolute Gasteiger partial charge is 0.269 e. The Balaban J connectivity index is 1.45. The maximum atomic E-state index is 10.9. The summed E-state index contributed by atoms with van der Waals surface area (Å²) in [5.74, 6) is 2.75. The normalized spacial score (nSPS) is 10.8. The van der Waals surface area contributed by atoms with Crippen molar-refractivity contribution in [2.45, 2.75) is 13.5 Å². The lowest BCUT2D eigenvalue weighted by Gasteiger charge is -2.14. The highest BCUT2D eigenvalue weighted by Crippen LogP contribution is 2.35. The fraction of sp³-hybridized carbons (Fsp3) is 0.107. The van der Waals surface area contributed by atoms with Crippen LogP contribution in [0.3, 0.4) is 0 Å². The van der Waals surface area contributed by atoms with Gasteiger partial charge in [0.2, 0.25) is 0 Å². The van der Waals surface area contributed by atoms with Crippen LogP contribution in [0.4, 0.5) is 11.4 Å². The van der Waals surface area contributed by atoms with Crippen molar-refractivity contribution in [2.24, 2.45) is 4.99 Å². The Bertz CT molecular complexity index is 1340.